The molecule has 0 heterocycles. The van der Waals surface area contributed by atoms with Gasteiger partial charge in [0, 0.05) is 12.8 Å². The van der Waals surface area contributed by atoms with E-state index in [2.05, 4.69) is 4.99 Å². The van der Waals surface area contributed by atoms with E-state index in [9.17, 15) is 4.79 Å². The third-order valence-corrected chi connectivity index (χ3v) is 2.43. The summed E-state index contributed by atoms with van der Waals surface area (Å²) in [7, 11) is 0. The van der Waals surface area contributed by atoms with Gasteiger partial charge in [-0.3, -0.25) is 9.79 Å². The molecule has 0 saturated carbocycles. The second-order valence-corrected chi connectivity index (χ2v) is 3.91. The van der Waals surface area contributed by atoms with Gasteiger partial charge < -0.3 is 11.3 Å². The van der Waals surface area contributed by atoms with Gasteiger partial charge in [-0.05, 0) is 24.5 Å². The fraction of sp³-hybridized carbons (Fsp3) is 0.333. The van der Waals surface area contributed by atoms with Crippen molar-refractivity contribution in [3.8, 4) is 0 Å². The van der Waals surface area contributed by atoms with Crippen LogP contribution in [0.2, 0.25) is 0 Å². The van der Waals surface area contributed by atoms with Crippen LogP contribution in [0.4, 0.5) is 0 Å². The summed E-state index contributed by atoms with van der Waals surface area (Å²) in [6.07, 6.45) is 2.13. The Morgan fingerprint density at radius 3 is 2.53 bits per heavy atom. The van der Waals surface area contributed by atoms with E-state index in [-0.39, 0.29) is 6.15 Å². The molecule has 0 radical (unpaired) electrons. The van der Waals surface area contributed by atoms with Crippen LogP contribution in [-0.4, -0.2) is 29.2 Å². The number of hydrogen-bond acceptors (Lipinski definition) is 2. The van der Waals surface area contributed by atoms with Crippen LogP contribution in [0.25, 0.3) is 6.15 Å². The van der Waals surface area contributed by atoms with Gasteiger partial charge in [-0.25, -0.2) is 0 Å². The zero-order chi connectivity index (χ0) is 12.0. The quantitative estimate of drug-likeness (QED) is 0.648. The van der Waals surface area contributed by atoms with Gasteiger partial charge in [0.2, 0.25) is 0 Å². The molecule has 17 heavy (non-hydrogen) atoms. The summed E-state index contributed by atoms with van der Waals surface area (Å²) >= 11 is 5.65. The van der Waals surface area contributed by atoms with Gasteiger partial charge in [0.25, 0.3) is 0 Å². The third-order valence-electron chi connectivity index (χ3n) is 2.09. The number of aliphatic carboxylic acids is 1. The topological polar surface area (TPSA) is 83.2 Å². The first-order valence-electron chi connectivity index (χ1n) is 5.09. The van der Waals surface area contributed by atoms with Crippen molar-refractivity contribution < 1.29 is 9.90 Å². The van der Waals surface area contributed by atoms with Crippen molar-refractivity contribution in [1.82, 2.24) is 0 Å². The van der Waals surface area contributed by atoms with E-state index < -0.39 is 11.3 Å². The first-order valence-corrected chi connectivity index (χ1v) is 5.52. The average molecular weight is 256 g/mol. The van der Waals surface area contributed by atoms with Crippen molar-refractivity contribution in [2.75, 3.05) is 6.54 Å². The first-order chi connectivity index (χ1) is 7.63. The number of hydrogen-bond donors (Lipinski definition) is 1. The maximum Gasteiger partial charge on any atom is 0.321 e. The number of carboxylic acid groups (broad SMARTS) is 1. The molecule has 0 amide bonds. The van der Waals surface area contributed by atoms with Gasteiger partial charge in [-0.15, -0.1) is 11.6 Å². The highest BCUT2D eigenvalue weighted by Gasteiger charge is 2.13. The molecule has 1 aromatic carbocycles. The molecule has 0 bridgehead atoms. The Morgan fingerprint density at radius 1 is 1.47 bits per heavy atom. The predicted molar refractivity (Wildman–Crippen MR) is 70.8 cm³/mol. The van der Waals surface area contributed by atoms with Crippen LogP contribution in [0.3, 0.4) is 0 Å². The van der Waals surface area contributed by atoms with Crippen molar-refractivity contribution in [1.29, 1.82) is 0 Å². The Bertz CT molecular complexity index is 377. The van der Waals surface area contributed by atoms with Crippen LogP contribution < -0.4 is 0 Å². The van der Waals surface area contributed by atoms with E-state index in [1.807, 2.05) is 31.2 Å². The normalized spacial score (nSPS) is 12.1. The van der Waals surface area contributed by atoms with Crippen molar-refractivity contribution >= 4 is 23.8 Å². The minimum absolute atomic E-state index is 0. The van der Waals surface area contributed by atoms with E-state index in [1.165, 1.54) is 0 Å². The molecule has 5 heteroatoms. The molecule has 1 unspecified atom stereocenters. The smallest absolute Gasteiger partial charge is 0.321 e. The molecule has 0 aliphatic rings. The maximum absolute atomic E-state index is 10.6. The first kappa shape index (κ1) is 15.6. The maximum atomic E-state index is 10.6. The summed E-state index contributed by atoms with van der Waals surface area (Å²) in [5.74, 6) is -0.988. The summed E-state index contributed by atoms with van der Waals surface area (Å²) in [4.78, 5) is 14.7. The fourth-order valence-electron chi connectivity index (χ4n) is 1.23. The lowest BCUT2D eigenvalue weighted by Crippen LogP contribution is -2.15. The molecule has 1 aromatic rings. The molecule has 0 saturated heterocycles. The molecule has 1 atom stereocenters. The molecule has 0 aromatic heterocycles. The van der Waals surface area contributed by atoms with Gasteiger partial charge in [-0.2, -0.15) is 0 Å². The van der Waals surface area contributed by atoms with E-state index in [1.54, 1.807) is 6.21 Å². The predicted octanol–water partition coefficient (Wildman–Crippen LogP) is 3.08. The standard InChI is InChI=1S/C12H14ClNO2.H2N/c1-2-14-8-10-5-3-9(4-6-10)7-11(13)12(15)16;/h3-6,8,11H,2,7H2,1H3,(H,15,16);1H2/q;-1. The molecule has 0 aliphatic carbocycles. The summed E-state index contributed by atoms with van der Waals surface area (Å²) < 4.78 is 0. The number of carboxylic acids is 1. The number of alkyl halides is 1. The molecule has 4 nitrogen and oxygen atoms in total. The number of nitrogens with zero attached hydrogens (tertiary/aromatic N) is 1. The van der Waals surface area contributed by atoms with Gasteiger partial charge in [0.1, 0.15) is 5.38 Å². The van der Waals surface area contributed by atoms with Crippen molar-refractivity contribution in [3.63, 3.8) is 0 Å². The van der Waals surface area contributed by atoms with Crippen LogP contribution in [-0.2, 0) is 11.2 Å². The van der Waals surface area contributed by atoms with Gasteiger partial charge in [-0.1, -0.05) is 24.3 Å². The Balaban J connectivity index is 0.00000256. The highest BCUT2D eigenvalue weighted by atomic mass is 35.5. The Hall–Kier alpha value is -1.39. The lowest BCUT2D eigenvalue weighted by molar-refractivity contribution is -0.136. The van der Waals surface area contributed by atoms with E-state index in [0.29, 0.717) is 6.42 Å². The number of benzene rings is 1. The van der Waals surface area contributed by atoms with E-state index >= 15 is 0 Å². The summed E-state index contributed by atoms with van der Waals surface area (Å²) in [5, 5.41) is 7.80. The van der Waals surface area contributed by atoms with Gasteiger partial charge in [0.15, 0.2) is 0 Å². The van der Waals surface area contributed by atoms with Crippen LogP contribution in [0.15, 0.2) is 29.3 Å². The summed E-state index contributed by atoms with van der Waals surface area (Å²) in [5.41, 5.74) is 1.92. The minimum Gasteiger partial charge on any atom is -0.693 e. The Morgan fingerprint density at radius 2 is 2.06 bits per heavy atom. The SMILES string of the molecule is CCN=Cc1ccc(CC(Cl)C(=O)O)cc1.[NH2-]. The summed E-state index contributed by atoms with van der Waals surface area (Å²) in [6.45, 7) is 2.72. The molecule has 1 rings (SSSR count). The van der Waals surface area contributed by atoms with E-state index in [0.717, 1.165) is 17.7 Å². The largest absolute Gasteiger partial charge is 0.693 e. The van der Waals surface area contributed by atoms with E-state index in [4.69, 9.17) is 16.7 Å². The third kappa shape index (κ3) is 5.47. The number of carbonyl (C=O) groups is 1. The van der Waals surface area contributed by atoms with Crippen LogP contribution in [0.5, 0.6) is 0 Å². The number of nitrogens with two attached hydrogens (primary N) is 1. The van der Waals surface area contributed by atoms with Crippen molar-refractivity contribution in [2.45, 2.75) is 18.7 Å². The molecular weight excluding hydrogens is 240 g/mol. The number of halogens is 1. The molecule has 94 valence electrons. The van der Waals surface area contributed by atoms with Crippen molar-refractivity contribution in [3.05, 3.63) is 41.5 Å². The second kappa shape index (κ2) is 7.81. The zero-order valence-electron chi connectivity index (χ0n) is 9.64. The van der Waals surface area contributed by atoms with Crippen LogP contribution in [0.1, 0.15) is 18.1 Å². The molecule has 0 fully saturated rings. The molecule has 0 spiro atoms. The second-order valence-electron chi connectivity index (χ2n) is 3.38. The number of aliphatic imine (C=N–C) groups is 1. The average Bonchev–Trinajstić information content (AvgIpc) is 2.28. The Labute approximate surface area is 106 Å². The highest BCUT2D eigenvalue weighted by molar-refractivity contribution is 6.29. The number of rotatable bonds is 5. The lowest BCUT2D eigenvalue weighted by Gasteiger charge is -2.04. The zero-order valence-corrected chi connectivity index (χ0v) is 10.4. The Kier molecular flexibility index (Phi) is 7.18. The van der Waals surface area contributed by atoms with Gasteiger partial charge >= 0.3 is 5.97 Å². The molecule has 0 aliphatic heterocycles. The van der Waals surface area contributed by atoms with Crippen molar-refractivity contribution in [2.24, 2.45) is 4.99 Å². The summed E-state index contributed by atoms with van der Waals surface area (Å²) in [6, 6.07) is 7.55. The van der Waals surface area contributed by atoms with Gasteiger partial charge in [0.05, 0.1) is 0 Å². The highest BCUT2D eigenvalue weighted by Crippen LogP contribution is 2.09. The fourth-order valence-corrected chi connectivity index (χ4v) is 1.41. The molecule has 3 N–H and O–H groups in total. The lowest BCUT2D eigenvalue weighted by atomic mass is 10.1. The minimum atomic E-state index is -0.988. The molecular formula is C12H16ClN2O2-. The monoisotopic (exact) mass is 255 g/mol. The van der Waals surface area contributed by atoms with Crippen LogP contribution in [0, 0.1) is 0 Å². The van der Waals surface area contributed by atoms with Crippen LogP contribution >= 0.6 is 11.6 Å².